The summed E-state index contributed by atoms with van der Waals surface area (Å²) in [6.07, 6.45) is -4.66. The Balaban J connectivity index is 2.90. The first-order chi connectivity index (χ1) is 12.5. The van der Waals surface area contributed by atoms with Gasteiger partial charge in [0.15, 0.2) is 0 Å². The molecule has 27 heavy (non-hydrogen) atoms. The van der Waals surface area contributed by atoms with E-state index in [-0.39, 0.29) is 17.9 Å². The molecular formula is C17H15F3N2O5. The molecule has 1 aromatic carbocycles. The molecule has 1 aromatic heterocycles. The number of esters is 1. The van der Waals surface area contributed by atoms with Crippen LogP contribution in [0.4, 0.5) is 13.2 Å². The maximum Gasteiger partial charge on any atom is 0.416 e. The molecule has 0 amide bonds. The summed E-state index contributed by atoms with van der Waals surface area (Å²) in [4.78, 5) is 48.9. The fourth-order valence-corrected chi connectivity index (χ4v) is 2.61. The van der Waals surface area contributed by atoms with Crippen molar-refractivity contribution in [3.05, 3.63) is 61.9 Å². The lowest BCUT2D eigenvalue weighted by Gasteiger charge is -2.17. The van der Waals surface area contributed by atoms with Gasteiger partial charge >= 0.3 is 17.8 Å². The number of Topliss-reactive ketones (excluding diaryl/α,β-unsaturated/α-hetero) is 1. The van der Waals surface area contributed by atoms with Gasteiger partial charge in [-0.05, 0) is 32.0 Å². The Kier molecular flexibility index (Phi) is 5.38. The second-order valence-corrected chi connectivity index (χ2v) is 5.50. The van der Waals surface area contributed by atoms with Crippen molar-refractivity contribution >= 4 is 11.8 Å². The Labute approximate surface area is 150 Å². The molecule has 0 fully saturated rings. The topological polar surface area (TPSA) is 87.4 Å². The van der Waals surface area contributed by atoms with E-state index in [9.17, 15) is 32.3 Å². The highest BCUT2D eigenvalue weighted by Crippen LogP contribution is 2.30. The quantitative estimate of drug-likeness (QED) is 0.455. The van der Waals surface area contributed by atoms with Crippen LogP contribution in [0.15, 0.2) is 33.9 Å². The number of hydrogen-bond acceptors (Lipinski definition) is 5. The zero-order valence-electron chi connectivity index (χ0n) is 14.6. The summed E-state index contributed by atoms with van der Waals surface area (Å²) in [7, 11) is 0.941. The molecule has 0 spiro atoms. The number of ketones is 1. The number of aromatic nitrogens is 2. The molecular weight excluding hydrogens is 369 g/mol. The largest absolute Gasteiger partial charge is 0.463 e. The van der Waals surface area contributed by atoms with E-state index in [2.05, 4.69) is 4.74 Å². The summed E-state index contributed by atoms with van der Waals surface area (Å²) in [5.41, 5.74) is -4.06. The van der Waals surface area contributed by atoms with Crippen molar-refractivity contribution in [1.29, 1.82) is 0 Å². The maximum atomic E-state index is 13.0. The molecule has 0 aliphatic carbocycles. The van der Waals surface area contributed by atoms with E-state index in [0.29, 0.717) is 10.6 Å². The van der Waals surface area contributed by atoms with Gasteiger partial charge in [0.2, 0.25) is 0 Å². The van der Waals surface area contributed by atoms with E-state index in [1.165, 1.54) is 19.9 Å². The van der Waals surface area contributed by atoms with Gasteiger partial charge in [0.25, 0.3) is 11.3 Å². The third-order valence-corrected chi connectivity index (χ3v) is 3.92. The molecule has 2 rings (SSSR count). The van der Waals surface area contributed by atoms with Crippen LogP contribution in [0.5, 0.6) is 0 Å². The van der Waals surface area contributed by atoms with E-state index < -0.39 is 40.3 Å². The average molecular weight is 384 g/mol. The molecule has 0 aliphatic rings. The minimum atomic E-state index is -4.66. The minimum Gasteiger partial charge on any atom is -0.463 e. The van der Waals surface area contributed by atoms with Gasteiger partial charge in [-0.1, -0.05) is 6.07 Å². The lowest BCUT2D eigenvalue weighted by Crippen LogP contribution is -2.44. The van der Waals surface area contributed by atoms with Crippen LogP contribution in [-0.2, 0) is 22.3 Å². The highest BCUT2D eigenvalue weighted by Gasteiger charge is 2.32. The van der Waals surface area contributed by atoms with Gasteiger partial charge in [0.1, 0.15) is 5.56 Å². The summed E-state index contributed by atoms with van der Waals surface area (Å²) in [6, 6.07) is 3.85. The summed E-state index contributed by atoms with van der Waals surface area (Å²) in [5, 5.41) is 0. The van der Waals surface area contributed by atoms with E-state index >= 15 is 0 Å². The minimum absolute atomic E-state index is 0.154. The summed E-state index contributed by atoms with van der Waals surface area (Å²) in [6.45, 7) is 2.48. The molecule has 0 saturated heterocycles. The fraction of sp³-hybridized carbons (Fsp3) is 0.294. The lowest BCUT2D eigenvalue weighted by atomic mass is 10.1. The molecule has 1 heterocycles. The molecule has 0 bridgehead atoms. The van der Waals surface area contributed by atoms with Crippen molar-refractivity contribution < 1.29 is 27.5 Å². The molecule has 0 atom stereocenters. The van der Waals surface area contributed by atoms with Crippen LogP contribution in [0.25, 0.3) is 5.69 Å². The zero-order valence-corrected chi connectivity index (χ0v) is 14.6. The van der Waals surface area contributed by atoms with Crippen molar-refractivity contribution in [2.45, 2.75) is 26.6 Å². The van der Waals surface area contributed by atoms with Crippen molar-refractivity contribution in [3.63, 3.8) is 0 Å². The van der Waals surface area contributed by atoms with Crippen LogP contribution < -0.4 is 11.2 Å². The highest BCUT2D eigenvalue weighted by atomic mass is 19.4. The Hall–Kier alpha value is -3.17. The van der Waals surface area contributed by atoms with Crippen molar-refractivity contribution in [1.82, 2.24) is 9.13 Å². The van der Waals surface area contributed by atoms with Gasteiger partial charge in [0.05, 0.1) is 18.4 Å². The molecule has 0 N–H and O–H groups in total. The number of benzene rings is 1. The van der Waals surface area contributed by atoms with E-state index in [4.69, 9.17) is 0 Å². The normalized spacial score (nSPS) is 11.3. The smallest absolute Gasteiger partial charge is 0.416 e. The van der Waals surface area contributed by atoms with Crippen molar-refractivity contribution in [2.75, 3.05) is 7.11 Å². The first-order valence-corrected chi connectivity index (χ1v) is 7.71. The van der Waals surface area contributed by atoms with Crippen LogP contribution in [-0.4, -0.2) is 28.0 Å². The van der Waals surface area contributed by atoms with Crippen LogP contribution in [0.1, 0.15) is 28.5 Å². The second-order valence-electron chi connectivity index (χ2n) is 5.50. The number of carbonyl (C=O) groups is 2. The van der Waals surface area contributed by atoms with Gasteiger partial charge in [-0.3, -0.25) is 18.7 Å². The van der Waals surface area contributed by atoms with Crippen LogP contribution in [0, 0.1) is 6.92 Å². The third kappa shape index (κ3) is 3.55. The summed E-state index contributed by atoms with van der Waals surface area (Å²) in [5.74, 6) is -2.62. The Bertz CT molecular complexity index is 1030. The number of hydrogen-bond donors (Lipinski definition) is 0. The summed E-state index contributed by atoms with van der Waals surface area (Å²) < 4.78 is 44.7. The number of nitrogens with zero attached hydrogens (tertiary/aromatic N) is 2. The van der Waals surface area contributed by atoms with E-state index in [0.717, 1.165) is 23.8 Å². The Morgan fingerprint density at radius 2 is 1.81 bits per heavy atom. The number of rotatable bonds is 4. The molecule has 7 nitrogen and oxygen atoms in total. The molecule has 2 aromatic rings. The van der Waals surface area contributed by atoms with Crippen LogP contribution in [0.2, 0.25) is 0 Å². The maximum absolute atomic E-state index is 13.0. The third-order valence-electron chi connectivity index (χ3n) is 3.92. The summed E-state index contributed by atoms with van der Waals surface area (Å²) >= 11 is 0. The van der Waals surface area contributed by atoms with Crippen molar-refractivity contribution in [3.8, 4) is 5.69 Å². The van der Waals surface area contributed by atoms with Crippen LogP contribution >= 0.6 is 0 Å². The number of ether oxygens (including phenoxy) is 1. The van der Waals surface area contributed by atoms with E-state index in [1.807, 2.05) is 0 Å². The number of halogens is 3. The second kappa shape index (κ2) is 7.22. The SMILES string of the molecule is CCn1c(=O)c(C(=O)C(=O)OC)c(C)n(-c2cccc(C(F)(F)F)c2)c1=O. The highest BCUT2D eigenvalue weighted by molar-refractivity contribution is 6.40. The van der Waals surface area contributed by atoms with Gasteiger partial charge in [-0.15, -0.1) is 0 Å². The zero-order chi connectivity index (χ0) is 20.5. The van der Waals surface area contributed by atoms with Crippen LogP contribution in [0.3, 0.4) is 0 Å². The monoisotopic (exact) mass is 384 g/mol. The predicted molar refractivity (Wildman–Crippen MR) is 88.1 cm³/mol. The predicted octanol–water partition coefficient (Wildman–Crippen LogP) is 1.70. The number of methoxy groups -OCH3 is 1. The van der Waals surface area contributed by atoms with Crippen molar-refractivity contribution in [2.24, 2.45) is 0 Å². The Morgan fingerprint density at radius 1 is 1.19 bits per heavy atom. The molecule has 0 radical (unpaired) electrons. The van der Waals surface area contributed by atoms with E-state index in [1.54, 1.807) is 0 Å². The van der Waals surface area contributed by atoms with Gasteiger partial charge in [-0.2, -0.15) is 13.2 Å². The lowest BCUT2D eigenvalue weighted by molar-refractivity contribution is -0.137. The molecule has 0 saturated carbocycles. The van der Waals surface area contributed by atoms with Gasteiger partial charge in [-0.25, -0.2) is 9.59 Å². The Morgan fingerprint density at radius 3 is 2.33 bits per heavy atom. The molecule has 0 unspecified atom stereocenters. The first-order valence-electron chi connectivity index (χ1n) is 7.71. The first kappa shape index (κ1) is 20.1. The number of alkyl halides is 3. The standard InChI is InChI=1S/C17H15F3N2O5/c1-4-21-14(24)12(13(23)15(25)27-3)9(2)22(16(21)26)11-7-5-6-10(8-11)17(18,19)20/h5-8H,4H2,1-3H3. The van der Waals surface area contributed by atoms with Gasteiger partial charge in [0, 0.05) is 12.2 Å². The average Bonchev–Trinajstić information content (AvgIpc) is 2.60. The molecule has 144 valence electrons. The molecule has 10 heteroatoms. The fourth-order valence-electron chi connectivity index (χ4n) is 2.61. The molecule has 0 aliphatic heterocycles. The number of carbonyl (C=O) groups excluding carboxylic acids is 2. The van der Waals surface area contributed by atoms with Gasteiger partial charge < -0.3 is 4.74 Å².